The Balaban J connectivity index is 2.25. The third-order valence-corrected chi connectivity index (χ3v) is 3.44. The summed E-state index contributed by atoms with van der Waals surface area (Å²) >= 11 is 1.13. The van der Waals surface area contributed by atoms with Gasteiger partial charge >= 0.3 is 5.97 Å². The Morgan fingerprint density at radius 1 is 1.59 bits per heavy atom. The average molecular weight is 256 g/mol. The molecule has 2 N–H and O–H groups in total. The molecule has 8 heteroatoms. The number of carboxylic acid groups (broad SMARTS) is 1. The van der Waals surface area contributed by atoms with Crippen LogP contribution in [-0.4, -0.2) is 37.1 Å². The number of carboxylic acids is 1. The molecule has 0 radical (unpaired) electrons. The summed E-state index contributed by atoms with van der Waals surface area (Å²) in [5.74, 6) is -0.538. The van der Waals surface area contributed by atoms with Crippen LogP contribution in [0, 0.1) is 0 Å². The maximum atomic E-state index is 11.7. The number of hydrogen-bond donors (Lipinski definition) is 2. The van der Waals surface area contributed by atoms with Crippen LogP contribution in [0.25, 0.3) is 0 Å². The fourth-order valence-electron chi connectivity index (χ4n) is 1.49. The summed E-state index contributed by atoms with van der Waals surface area (Å²) in [6, 6.07) is 0. The largest absolute Gasteiger partial charge is 0.481 e. The van der Waals surface area contributed by atoms with E-state index in [1.54, 1.807) is 0 Å². The highest BCUT2D eigenvalue weighted by Gasteiger charge is 2.32. The molecule has 2 rings (SSSR count). The van der Waals surface area contributed by atoms with E-state index in [1.165, 1.54) is 4.68 Å². The Morgan fingerprint density at radius 3 is 2.88 bits per heavy atom. The molecule has 92 valence electrons. The van der Waals surface area contributed by atoms with Gasteiger partial charge in [-0.15, -0.1) is 10.2 Å². The van der Waals surface area contributed by atoms with Crippen LogP contribution in [0.3, 0.4) is 0 Å². The SMILES string of the molecule is CC(C)c1nnc2n1NC(=O)C(CC(=O)O)S2. The summed E-state index contributed by atoms with van der Waals surface area (Å²) in [5, 5.41) is 16.5. The predicted octanol–water partition coefficient (Wildman–Crippen LogP) is 0.421. The number of amides is 1. The third-order valence-electron chi connectivity index (χ3n) is 2.30. The average Bonchev–Trinajstić information content (AvgIpc) is 2.60. The van der Waals surface area contributed by atoms with Crippen LogP contribution in [0.15, 0.2) is 5.16 Å². The van der Waals surface area contributed by atoms with Gasteiger partial charge in [-0.05, 0) is 0 Å². The van der Waals surface area contributed by atoms with Crippen molar-refractivity contribution in [2.24, 2.45) is 0 Å². The zero-order valence-corrected chi connectivity index (χ0v) is 10.2. The van der Waals surface area contributed by atoms with Crippen LogP contribution in [0.5, 0.6) is 0 Å². The standard InChI is InChI=1S/C9H12N4O3S/c1-4(2)7-10-11-9-13(7)12-8(16)5(17-9)3-6(14)15/h4-5H,3H2,1-2H3,(H,12,16)(H,14,15). The molecule has 1 aromatic heterocycles. The lowest BCUT2D eigenvalue weighted by Gasteiger charge is -2.22. The number of rotatable bonds is 3. The number of fused-ring (bicyclic) bond motifs is 1. The zero-order chi connectivity index (χ0) is 12.6. The fraction of sp³-hybridized carbons (Fsp3) is 0.556. The summed E-state index contributed by atoms with van der Waals surface area (Å²) < 4.78 is 1.52. The number of aliphatic carboxylic acids is 1. The Morgan fingerprint density at radius 2 is 2.29 bits per heavy atom. The molecular weight excluding hydrogens is 244 g/mol. The molecular formula is C9H12N4O3S. The van der Waals surface area contributed by atoms with Crippen molar-refractivity contribution in [2.75, 3.05) is 5.43 Å². The number of aromatic nitrogens is 3. The number of hydrogen-bond acceptors (Lipinski definition) is 5. The van der Waals surface area contributed by atoms with Crippen molar-refractivity contribution >= 4 is 23.6 Å². The molecule has 1 unspecified atom stereocenters. The molecule has 0 aromatic carbocycles. The van der Waals surface area contributed by atoms with Gasteiger partial charge in [0.05, 0.1) is 6.42 Å². The van der Waals surface area contributed by atoms with Crippen molar-refractivity contribution in [2.45, 2.75) is 36.6 Å². The zero-order valence-electron chi connectivity index (χ0n) is 9.38. The minimum absolute atomic E-state index is 0.133. The number of carbonyl (C=O) groups excluding carboxylic acids is 1. The predicted molar refractivity (Wildman–Crippen MR) is 60.4 cm³/mol. The maximum Gasteiger partial charge on any atom is 0.305 e. The smallest absolute Gasteiger partial charge is 0.305 e. The molecule has 7 nitrogen and oxygen atoms in total. The number of nitrogens with zero attached hydrogens (tertiary/aromatic N) is 3. The maximum absolute atomic E-state index is 11.7. The van der Waals surface area contributed by atoms with Crippen LogP contribution in [0.1, 0.15) is 32.0 Å². The molecule has 0 bridgehead atoms. The van der Waals surface area contributed by atoms with Crippen LogP contribution >= 0.6 is 11.8 Å². The summed E-state index contributed by atoms with van der Waals surface area (Å²) in [4.78, 5) is 22.3. The van der Waals surface area contributed by atoms with Gasteiger partial charge in [-0.1, -0.05) is 25.6 Å². The van der Waals surface area contributed by atoms with Crippen molar-refractivity contribution in [3.05, 3.63) is 5.82 Å². The Labute approximate surface area is 102 Å². The summed E-state index contributed by atoms with van der Waals surface area (Å²) in [7, 11) is 0. The first-order chi connectivity index (χ1) is 7.99. The lowest BCUT2D eigenvalue weighted by atomic mass is 10.2. The monoisotopic (exact) mass is 256 g/mol. The molecule has 0 fully saturated rings. The van der Waals surface area contributed by atoms with E-state index in [-0.39, 0.29) is 18.2 Å². The van der Waals surface area contributed by atoms with E-state index in [2.05, 4.69) is 15.6 Å². The van der Waals surface area contributed by atoms with Gasteiger partial charge in [-0.25, -0.2) is 4.68 Å². The fourth-order valence-corrected chi connectivity index (χ4v) is 2.47. The summed E-state index contributed by atoms with van der Waals surface area (Å²) in [5.41, 5.74) is 2.61. The summed E-state index contributed by atoms with van der Waals surface area (Å²) in [6.45, 7) is 3.88. The van der Waals surface area contributed by atoms with E-state index in [4.69, 9.17) is 5.11 Å². The second-order valence-corrected chi connectivity index (χ2v) is 5.18. The first-order valence-corrected chi connectivity index (χ1v) is 6.01. The Kier molecular flexibility index (Phi) is 3.05. The first kappa shape index (κ1) is 11.9. The number of thioether (sulfide) groups is 1. The van der Waals surface area contributed by atoms with Gasteiger partial charge in [-0.2, -0.15) is 0 Å². The van der Waals surface area contributed by atoms with Gasteiger partial charge in [0, 0.05) is 5.92 Å². The van der Waals surface area contributed by atoms with E-state index in [9.17, 15) is 9.59 Å². The van der Waals surface area contributed by atoms with Crippen molar-refractivity contribution in [1.82, 2.24) is 14.9 Å². The minimum Gasteiger partial charge on any atom is -0.481 e. The highest BCUT2D eigenvalue weighted by Crippen LogP contribution is 2.29. The molecule has 1 aromatic rings. The van der Waals surface area contributed by atoms with E-state index in [0.717, 1.165) is 11.8 Å². The molecule has 1 atom stereocenters. The topological polar surface area (TPSA) is 97.1 Å². The van der Waals surface area contributed by atoms with E-state index < -0.39 is 11.2 Å². The van der Waals surface area contributed by atoms with E-state index in [1.807, 2.05) is 13.8 Å². The molecule has 1 amide bonds. The molecule has 1 aliphatic heterocycles. The van der Waals surface area contributed by atoms with Crippen LogP contribution < -0.4 is 5.43 Å². The summed E-state index contributed by atoms with van der Waals surface area (Å²) in [6.07, 6.45) is -0.222. The lowest BCUT2D eigenvalue weighted by molar-refractivity contribution is -0.138. The van der Waals surface area contributed by atoms with Gasteiger partial charge in [0.25, 0.3) is 5.91 Å². The Hall–Kier alpha value is -1.57. The molecule has 0 spiro atoms. The van der Waals surface area contributed by atoms with Crippen molar-refractivity contribution < 1.29 is 14.7 Å². The van der Waals surface area contributed by atoms with Gasteiger partial charge in [0.1, 0.15) is 5.25 Å². The molecule has 0 saturated heterocycles. The highest BCUT2D eigenvalue weighted by atomic mass is 32.2. The van der Waals surface area contributed by atoms with Gasteiger partial charge in [0.15, 0.2) is 5.82 Å². The normalized spacial score (nSPS) is 19.0. The van der Waals surface area contributed by atoms with E-state index in [0.29, 0.717) is 11.0 Å². The third kappa shape index (κ3) is 2.26. The lowest BCUT2D eigenvalue weighted by Crippen LogP contribution is -2.38. The van der Waals surface area contributed by atoms with Crippen molar-refractivity contribution in [3.8, 4) is 0 Å². The number of carbonyl (C=O) groups is 2. The van der Waals surface area contributed by atoms with Crippen LogP contribution in [0.2, 0.25) is 0 Å². The molecule has 17 heavy (non-hydrogen) atoms. The highest BCUT2D eigenvalue weighted by molar-refractivity contribution is 8.00. The van der Waals surface area contributed by atoms with Crippen LogP contribution in [0.4, 0.5) is 0 Å². The molecule has 1 aliphatic rings. The minimum atomic E-state index is -1.00. The quantitative estimate of drug-likeness (QED) is 0.813. The second kappa shape index (κ2) is 4.36. The van der Waals surface area contributed by atoms with Crippen LogP contribution in [-0.2, 0) is 9.59 Å². The second-order valence-electron chi connectivity index (χ2n) is 4.01. The molecule has 0 aliphatic carbocycles. The van der Waals surface area contributed by atoms with Crippen molar-refractivity contribution in [3.63, 3.8) is 0 Å². The van der Waals surface area contributed by atoms with E-state index >= 15 is 0 Å². The molecule has 2 heterocycles. The van der Waals surface area contributed by atoms with Gasteiger partial charge in [-0.3, -0.25) is 15.0 Å². The Bertz CT molecular complexity index is 471. The first-order valence-electron chi connectivity index (χ1n) is 5.13. The van der Waals surface area contributed by atoms with Gasteiger partial charge in [0.2, 0.25) is 5.16 Å². The van der Waals surface area contributed by atoms with Gasteiger partial charge < -0.3 is 5.11 Å². The van der Waals surface area contributed by atoms with Crippen molar-refractivity contribution in [1.29, 1.82) is 0 Å². The number of nitrogens with one attached hydrogen (secondary N) is 1. The molecule has 0 saturated carbocycles.